The predicted molar refractivity (Wildman–Crippen MR) is 66.2 cm³/mol. The van der Waals surface area contributed by atoms with Crippen LogP contribution in [0.25, 0.3) is 0 Å². The number of hydrogen-bond donors (Lipinski definition) is 1. The second-order valence-corrected chi connectivity index (χ2v) is 6.37. The first-order valence-corrected chi connectivity index (χ1v) is 7.93. The van der Waals surface area contributed by atoms with Gasteiger partial charge in [-0.15, -0.1) is 11.6 Å². The summed E-state index contributed by atoms with van der Waals surface area (Å²) in [6, 6.07) is 0. The zero-order chi connectivity index (χ0) is 14.4. The van der Waals surface area contributed by atoms with Crippen molar-refractivity contribution in [1.82, 2.24) is 4.72 Å². The Bertz CT molecular complexity index is 331. The average Bonchev–Trinajstić information content (AvgIpc) is 2.24. The van der Waals surface area contributed by atoms with E-state index in [4.69, 9.17) is 11.6 Å². The van der Waals surface area contributed by atoms with Gasteiger partial charge in [0.25, 0.3) is 0 Å². The van der Waals surface area contributed by atoms with Gasteiger partial charge in [0.05, 0.1) is 5.75 Å². The van der Waals surface area contributed by atoms with Gasteiger partial charge in [-0.3, -0.25) is 0 Å². The van der Waals surface area contributed by atoms with Gasteiger partial charge in [-0.2, -0.15) is 13.2 Å². The second kappa shape index (κ2) is 6.96. The summed E-state index contributed by atoms with van der Waals surface area (Å²) in [7, 11) is -3.73. The smallest absolute Gasteiger partial charge is 0.212 e. The van der Waals surface area contributed by atoms with Crippen LogP contribution in [0, 0.1) is 0 Å². The van der Waals surface area contributed by atoms with Crippen LogP contribution in [-0.2, 0) is 10.0 Å². The van der Waals surface area contributed by atoms with E-state index in [-0.39, 0.29) is 5.88 Å². The second-order valence-electron chi connectivity index (χ2n) is 4.26. The Kier molecular flexibility index (Phi) is 6.95. The molecule has 0 aliphatic carbocycles. The Morgan fingerprint density at radius 1 is 1.17 bits per heavy atom. The fourth-order valence-electron chi connectivity index (χ4n) is 1.45. The Labute approximate surface area is 111 Å². The highest BCUT2D eigenvalue weighted by Crippen LogP contribution is 2.22. The normalized spacial score (nSPS) is 13.9. The summed E-state index contributed by atoms with van der Waals surface area (Å²) in [5, 5.41) is 0. The number of rotatable bonds is 8. The number of hydrogen-bond acceptors (Lipinski definition) is 2. The first-order chi connectivity index (χ1) is 8.10. The number of nitrogens with one attached hydrogen (secondary N) is 1. The van der Waals surface area contributed by atoms with E-state index in [0.29, 0.717) is 12.8 Å². The molecule has 0 heterocycles. The van der Waals surface area contributed by atoms with E-state index in [9.17, 15) is 21.6 Å². The topological polar surface area (TPSA) is 46.2 Å². The maximum atomic E-state index is 11.9. The van der Waals surface area contributed by atoms with Crippen molar-refractivity contribution in [1.29, 1.82) is 0 Å². The van der Waals surface area contributed by atoms with Gasteiger partial charge in [-0.1, -0.05) is 13.8 Å². The van der Waals surface area contributed by atoms with Crippen molar-refractivity contribution >= 4 is 21.6 Å². The lowest BCUT2D eigenvalue weighted by Crippen LogP contribution is -2.49. The molecule has 0 rings (SSSR count). The Morgan fingerprint density at radius 2 is 1.67 bits per heavy atom. The van der Waals surface area contributed by atoms with Gasteiger partial charge in [-0.05, 0) is 19.3 Å². The molecule has 18 heavy (non-hydrogen) atoms. The SMILES string of the molecule is CCC(CC)(CCl)NS(=O)(=O)CCCC(F)(F)F. The van der Waals surface area contributed by atoms with Crippen LogP contribution in [0.4, 0.5) is 13.2 Å². The summed E-state index contributed by atoms with van der Waals surface area (Å²) in [4.78, 5) is 0. The summed E-state index contributed by atoms with van der Waals surface area (Å²) in [5.74, 6) is -0.441. The van der Waals surface area contributed by atoms with E-state index >= 15 is 0 Å². The van der Waals surface area contributed by atoms with Crippen LogP contribution in [0.2, 0.25) is 0 Å². The van der Waals surface area contributed by atoms with Gasteiger partial charge in [0.2, 0.25) is 10.0 Å². The van der Waals surface area contributed by atoms with Crippen molar-refractivity contribution in [2.24, 2.45) is 0 Å². The molecule has 8 heteroatoms. The number of sulfonamides is 1. The number of halogens is 4. The molecule has 0 bridgehead atoms. The standard InChI is InChI=1S/C10H19ClF3NO2S/c1-3-9(4-2,8-11)15-18(16,17)7-5-6-10(12,13)14/h15H,3-8H2,1-2H3. The monoisotopic (exact) mass is 309 g/mol. The van der Waals surface area contributed by atoms with Crippen LogP contribution in [-0.4, -0.2) is 31.8 Å². The van der Waals surface area contributed by atoms with Crippen LogP contribution in [0.3, 0.4) is 0 Å². The van der Waals surface area contributed by atoms with E-state index in [2.05, 4.69) is 4.72 Å². The highest BCUT2D eigenvalue weighted by molar-refractivity contribution is 7.89. The van der Waals surface area contributed by atoms with Crippen LogP contribution >= 0.6 is 11.6 Å². The van der Waals surface area contributed by atoms with Crippen LogP contribution in [0.1, 0.15) is 39.5 Å². The zero-order valence-electron chi connectivity index (χ0n) is 10.5. The van der Waals surface area contributed by atoms with Crippen LogP contribution < -0.4 is 4.72 Å². The lowest BCUT2D eigenvalue weighted by atomic mass is 9.97. The quantitative estimate of drug-likeness (QED) is 0.701. The van der Waals surface area contributed by atoms with Gasteiger partial charge in [0.1, 0.15) is 0 Å². The van der Waals surface area contributed by atoms with Crippen molar-refractivity contribution in [2.75, 3.05) is 11.6 Å². The van der Waals surface area contributed by atoms with Crippen molar-refractivity contribution in [3.8, 4) is 0 Å². The van der Waals surface area contributed by atoms with E-state index in [1.165, 1.54) is 0 Å². The van der Waals surface area contributed by atoms with Gasteiger partial charge < -0.3 is 0 Å². The summed E-state index contributed by atoms with van der Waals surface area (Å²) in [5.41, 5.74) is -0.765. The van der Waals surface area contributed by atoms with Gasteiger partial charge in [0.15, 0.2) is 0 Å². The molecule has 0 amide bonds. The molecule has 0 aromatic heterocycles. The molecule has 0 spiro atoms. The highest BCUT2D eigenvalue weighted by Gasteiger charge is 2.32. The van der Waals surface area contributed by atoms with Crippen LogP contribution in [0.15, 0.2) is 0 Å². The summed E-state index contributed by atoms with van der Waals surface area (Å²) in [6.07, 6.45) is -4.88. The molecule has 0 radical (unpaired) electrons. The molecule has 1 N–H and O–H groups in total. The van der Waals surface area contributed by atoms with Gasteiger partial charge in [-0.25, -0.2) is 13.1 Å². The molecule has 0 atom stereocenters. The minimum atomic E-state index is -4.32. The van der Waals surface area contributed by atoms with Gasteiger partial charge in [0, 0.05) is 17.8 Å². The third-order valence-electron chi connectivity index (χ3n) is 2.85. The molecule has 0 saturated heterocycles. The van der Waals surface area contributed by atoms with E-state index in [0.717, 1.165) is 0 Å². The Hall–Kier alpha value is -0.0100. The van der Waals surface area contributed by atoms with Crippen LogP contribution in [0.5, 0.6) is 0 Å². The fourth-order valence-corrected chi connectivity index (χ4v) is 3.63. The van der Waals surface area contributed by atoms with Gasteiger partial charge >= 0.3 is 6.18 Å². The third-order valence-corrected chi connectivity index (χ3v) is 4.94. The minimum Gasteiger partial charge on any atom is -0.212 e. The zero-order valence-corrected chi connectivity index (χ0v) is 12.1. The lowest BCUT2D eigenvalue weighted by molar-refractivity contribution is -0.134. The Morgan fingerprint density at radius 3 is 2.00 bits per heavy atom. The molecule has 0 aromatic rings. The van der Waals surface area contributed by atoms with Crippen molar-refractivity contribution in [3.05, 3.63) is 0 Å². The molecule has 3 nitrogen and oxygen atoms in total. The summed E-state index contributed by atoms with van der Waals surface area (Å²) in [6.45, 7) is 3.56. The van der Waals surface area contributed by atoms with E-state index in [1.807, 2.05) is 0 Å². The minimum absolute atomic E-state index is 0.0957. The molecule has 0 aliphatic rings. The highest BCUT2D eigenvalue weighted by atomic mass is 35.5. The maximum Gasteiger partial charge on any atom is 0.389 e. The maximum absolute atomic E-state index is 11.9. The lowest BCUT2D eigenvalue weighted by Gasteiger charge is -2.30. The van der Waals surface area contributed by atoms with Crippen molar-refractivity contribution in [3.63, 3.8) is 0 Å². The first kappa shape index (κ1) is 18.0. The molecule has 0 aromatic carbocycles. The predicted octanol–water partition coefficient (Wildman–Crippen LogP) is 3.05. The fraction of sp³-hybridized carbons (Fsp3) is 1.00. The van der Waals surface area contributed by atoms with Crippen molar-refractivity contribution < 1.29 is 21.6 Å². The molecule has 0 unspecified atom stereocenters. The molecular formula is C10H19ClF3NO2S. The largest absolute Gasteiger partial charge is 0.389 e. The van der Waals surface area contributed by atoms with Crippen molar-refractivity contribution in [2.45, 2.75) is 51.2 Å². The summed E-state index contributed by atoms with van der Waals surface area (Å²) >= 11 is 5.73. The third kappa shape index (κ3) is 6.80. The average molecular weight is 310 g/mol. The molecular weight excluding hydrogens is 291 g/mol. The first-order valence-electron chi connectivity index (χ1n) is 5.74. The van der Waals surface area contributed by atoms with E-state index < -0.39 is 40.3 Å². The van der Waals surface area contributed by atoms with E-state index in [1.54, 1.807) is 13.8 Å². The number of alkyl halides is 4. The Balaban J connectivity index is 4.47. The molecule has 0 saturated carbocycles. The molecule has 0 fully saturated rings. The molecule has 110 valence electrons. The molecule has 0 aliphatic heterocycles. The summed E-state index contributed by atoms with van der Waals surface area (Å²) < 4.78 is 61.6.